The smallest absolute Gasteiger partial charge is 0.295 e. The molecule has 0 bridgehead atoms. The predicted molar refractivity (Wildman–Crippen MR) is 123 cm³/mol. The van der Waals surface area contributed by atoms with Gasteiger partial charge in [0.25, 0.3) is 5.91 Å². The van der Waals surface area contributed by atoms with Crippen LogP contribution in [0.4, 0.5) is 5.69 Å². The van der Waals surface area contributed by atoms with Gasteiger partial charge in [-0.25, -0.2) is 0 Å². The van der Waals surface area contributed by atoms with Crippen LogP contribution in [0.25, 0.3) is 11.3 Å². The fourth-order valence-corrected chi connectivity index (χ4v) is 4.88. The second-order valence-electron chi connectivity index (χ2n) is 8.48. The molecule has 2 aliphatic heterocycles. The van der Waals surface area contributed by atoms with E-state index in [1.807, 2.05) is 12.1 Å². The standard InChI is InChI=1S/C26H24N2O6/c1-32-20-8-4-18(5-9-20)24(29)22-23(17-10-13-33-14-11-17)28(26(31)25(22)30)19-6-2-16(3-7-19)21-12-15-34-27-21/h2-9,12,15,17,22-23H,10-11,13-14H2,1H3. The number of carbonyl (C=O) groups is 3. The summed E-state index contributed by atoms with van der Waals surface area (Å²) in [5.74, 6) is -2.17. The lowest BCUT2D eigenvalue weighted by Crippen LogP contribution is -2.45. The van der Waals surface area contributed by atoms with Crippen molar-refractivity contribution in [2.45, 2.75) is 18.9 Å². The second-order valence-corrected chi connectivity index (χ2v) is 8.48. The third-order valence-corrected chi connectivity index (χ3v) is 6.64. The minimum Gasteiger partial charge on any atom is -0.497 e. The molecular weight excluding hydrogens is 436 g/mol. The average molecular weight is 460 g/mol. The number of nitrogens with zero attached hydrogens (tertiary/aromatic N) is 2. The molecule has 2 aromatic carbocycles. The lowest BCUT2D eigenvalue weighted by atomic mass is 9.80. The van der Waals surface area contributed by atoms with Gasteiger partial charge in [-0.2, -0.15) is 0 Å². The molecule has 0 N–H and O–H groups in total. The van der Waals surface area contributed by atoms with E-state index < -0.39 is 23.7 Å². The molecule has 3 heterocycles. The largest absolute Gasteiger partial charge is 0.497 e. The molecule has 2 unspecified atom stereocenters. The quantitative estimate of drug-likeness (QED) is 0.315. The van der Waals surface area contributed by atoms with E-state index in [9.17, 15) is 14.4 Å². The Labute approximate surface area is 196 Å². The highest BCUT2D eigenvalue weighted by atomic mass is 16.5. The van der Waals surface area contributed by atoms with Crippen molar-refractivity contribution >= 4 is 23.2 Å². The monoisotopic (exact) mass is 460 g/mol. The summed E-state index contributed by atoms with van der Waals surface area (Å²) in [6, 6.07) is 15.0. The van der Waals surface area contributed by atoms with Gasteiger partial charge in [0.05, 0.1) is 13.2 Å². The van der Waals surface area contributed by atoms with Crippen LogP contribution in [-0.2, 0) is 14.3 Å². The molecule has 1 amide bonds. The number of carbonyl (C=O) groups excluding carboxylic acids is 3. The number of benzene rings is 2. The maximum Gasteiger partial charge on any atom is 0.295 e. The van der Waals surface area contributed by atoms with Gasteiger partial charge in [-0.3, -0.25) is 14.4 Å². The van der Waals surface area contributed by atoms with Crippen molar-refractivity contribution in [3.8, 4) is 17.0 Å². The van der Waals surface area contributed by atoms with Gasteiger partial charge >= 0.3 is 0 Å². The Hall–Kier alpha value is -3.78. The molecule has 8 nitrogen and oxygen atoms in total. The average Bonchev–Trinajstić information content (AvgIpc) is 3.52. The minimum atomic E-state index is -1.07. The van der Waals surface area contributed by atoms with Gasteiger partial charge in [0.15, 0.2) is 5.78 Å². The molecule has 0 radical (unpaired) electrons. The van der Waals surface area contributed by atoms with E-state index >= 15 is 0 Å². The first-order valence-corrected chi connectivity index (χ1v) is 11.2. The van der Waals surface area contributed by atoms with Gasteiger partial charge in [0, 0.05) is 36.1 Å². The van der Waals surface area contributed by atoms with Crippen molar-refractivity contribution in [2.75, 3.05) is 25.2 Å². The normalized spacial score (nSPS) is 21.1. The van der Waals surface area contributed by atoms with E-state index in [4.69, 9.17) is 14.0 Å². The van der Waals surface area contributed by atoms with Crippen LogP contribution in [0.3, 0.4) is 0 Å². The Kier molecular flexibility index (Phi) is 5.98. The van der Waals surface area contributed by atoms with Crippen molar-refractivity contribution in [1.82, 2.24) is 5.16 Å². The molecule has 0 aliphatic carbocycles. The van der Waals surface area contributed by atoms with Gasteiger partial charge < -0.3 is 18.9 Å². The zero-order valence-corrected chi connectivity index (χ0v) is 18.7. The molecule has 2 fully saturated rings. The van der Waals surface area contributed by atoms with Crippen LogP contribution in [0.5, 0.6) is 5.75 Å². The number of amides is 1. The molecule has 0 spiro atoms. The van der Waals surface area contributed by atoms with Crippen LogP contribution >= 0.6 is 0 Å². The van der Waals surface area contributed by atoms with E-state index in [1.54, 1.807) is 49.6 Å². The first kappa shape index (κ1) is 22.0. The summed E-state index contributed by atoms with van der Waals surface area (Å²) in [4.78, 5) is 41.6. The molecule has 174 valence electrons. The van der Waals surface area contributed by atoms with Crippen molar-refractivity contribution in [1.29, 1.82) is 0 Å². The topological polar surface area (TPSA) is 98.9 Å². The maximum atomic E-state index is 13.6. The number of methoxy groups -OCH3 is 1. The molecule has 2 aliphatic rings. The molecular formula is C26H24N2O6. The van der Waals surface area contributed by atoms with Crippen LogP contribution in [-0.4, -0.2) is 49.0 Å². The number of ether oxygens (including phenoxy) is 2. The maximum absolute atomic E-state index is 13.6. The molecule has 8 heteroatoms. The number of aromatic nitrogens is 1. The van der Waals surface area contributed by atoms with Crippen molar-refractivity contribution in [3.63, 3.8) is 0 Å². The van der Waals surface area contributed by atoms with Gasteiger partial charge in [-0.1, -0.05) is 17.3 Å². The summed E-state index contributed by atoms with van der Waals surface area (Å²) in [5.41, 5.74) is 2.45. The third-order valence-electron chi connectivity index (χ3n) is 6.64. The summed E-state index contributed by atoms with van der Waals surface area (Å²) in [7, 11) is 1.54. The van der Waals surface area contributed by atoms with Crippen molar-refractivity contribution < 1.29 is 28.4 Å². The van der Waals surface area contributed by atoms with Crippen LogP contribution in [0.1, 0.15) is 23.2 Å². The van der Waals surface area contributed by atoms with Gasteiger partial charge in [-0.05, 0) is 55.2 Å². The van der Waals surface area contributed by atoms with E-state index in [2.05, 4.69) is 5.16 Å². The molecule has 5 rings (SSSR count). The van der Waals surface area contributed by atoms with Crippen LogP contribution in [0.2, 0.25) is 0 Å². The number of hydrogen-bond donors (Lipinski definition) is 0. The van der Waals surface area contributed by atoms with Crippen LogP contribution < -0.4 is 9.64 Å². The molecule has 0 saturated carbocycles. The van der Waals surface area contributed by atoms with Gasteiger partial charge in [0.1, 0.15) is 23.6 Å². The fraction of sp³-hybridized carbons (Fsp3) is 0.308. The van der Waals surface area contributed by atoms with Crippen LogP contribution in [0, 0.1) is 11.8 Å². The highest BCUT2D eigenvalue weighted by molar-refractivity contribution is 6.49. The minimum absolute atomic E-state index is 0.0356. The zero-order valence-electron chi connectivity index (χ0n) is 18.7. The number of hydrogen-bond acceptors (Lipinski definition) is 7. The SMILES string of the molecule is COc1ccc(C(=O)C2C(=O)C(=O)N(c3ccc(-c4ccon4)cc3)C2C2CCOCC2)cc1. The summed E-state index contributed by atoms with van der Waals surface area (Å²) < 4.78 is 15.6. The molecule has 3 aromatic rings. The Bertz CT molecular complexity index is 1180. The second kappa shape index (κ2) is 9.23. The molecule has 1 aromatic heterocycles. The van der Waals surface area contributed by atoms with Gasteiger partial charge in [0.2, 0.25) is 5.78 Å². The Morgan fingerprint density at radius 3 is 2.32 bits per heavy atom. The van der Waals surface area contributed by atoms with E-state index in [0.717, 1.165) is 5.56 Å². The Balaban J connectivity index is 1.52. The summed E-state index contributed by atoms with van der Waals surface area (Å²) in [5, 5.41) is 3.93. The molecule has 2 atom stereocenters. The first-order valence-electron chi connectivity index (χ1n) is 11.2. The number of rotatable bonds is 6. The number of Topliss-reactive ketones (excluding diaryl/α,β-unsaturated/α-hetero) is 2. The Morgan fingerprint density at radius 1 is 1.00 bits per heavy atom. The Morgan fingerprint density at radius 2 is 1.71 bits per heavy atom. The molecule has 2 saturated heterocycles. The predicted octanol–water partition coefficient (Wildman–Crippen LogP) is 3.56. The summed E-state index contributed by atoms with van der Waals surface area (Å²) in [6.07, 6.45) is 2.83. The highest BCUT2D eigenvalue weighted by Crippen LogP contribution is 2.39. The highest BCUT2D eigenvalue weighted by Gasteiger charge is 2.54. The third kappa shape index (κ3) is 3.90. The zero-order chi connectivity index (χ0) is 23.7. The summed E-state index contributed by atoms with van der Waals surface area (Å²) in [6.45, 7) is 1.07. The van der Waals surface area contributed by atoms with Crippen molar-refractivity contribution in [2.24, 2.45) is 11.8 Å². The lowest BCUT2D eigenvalue weighted by Gasteiger charge is -2.35. The van der Waals surface area contributed by atoms with E-state index in [0.29, 0.717) is 48.7 Å². The summed E-state index contributed by atoms with van der Waals surface area (Å²) >= 11 is 0. The number of ketones is 2. The number of anilines is 1. The van der Waals surface area contributed by atoms with E-state index in [-0.39, 0.29) is 11.7 Å². The van der Waals surface area contributed by atoms with Gasteiger partial charge in [-0.15, -0.1) is 0 Å². The molecule has 34 heavy (non-hydrogen) atoms. The van der Waals surface area contributed by atoms with Crippen LogP contribution in [0.15, 0.2) is 65.4 Å². The van der Waals surface area contributed by atoms with Crippen molar-refractivity contribution in [3.05, 3.63) is 66.4 Å². The fourth-order valence-electron chi connectivity index (χ4n) is 4.88. The van der Waals surface area contributed by atoms with E-state index in [1.165, 1.54) is 11.2 Å². The first-order chi connectivity index (χ1) is 16.6. The lowest BCUT2D eigenvalue weighted by molar-refractivity contribution is -0.135.